The topological polar surface area (TPSA) is 102 Å². The van der Waals surface area contributed by atoms with Gasteiger partial charge in [0.15, 0.2) is 0 Å². The molecule has 1 N–H and O–H groups in total. The highest BCUT2D eigenvalue weighted by Crippen LogP contribution is 2.24. The average Bonchev–Trinajstić information content (AvgIpc) is 2.46. The third-order valence-corrected chi connectivity index (χ3v) is 2.21. The number of hydrogen-bond donors (Lipinski definition) is 1. The second kappa shape index (κ2) is 2.91. The highest BCUT2D eigenvalue weighted by Gasteiger charge is 2.23. The summed E-state index contributed by atoms with van der Waals surface area (Å²) >= 11 is 0. The predicted molar refractivity (Wildman–Crippen MR) is 50.8 cm³/mol. The van der Waals surface area contributed by atoms with Crippen LogP contribution >= 0.6 is 0 Å². The molecule has 0 aromatic carbocycles. The SMILES string of the molecule is Cc1[nH]nc2oc(=O)c([N+](=O)[O-])c(C)c12. The largest absolute Gasteiger partial charge is 0.416 e. The van der Waals surface area contributed by atoms with Crippen molar-refractivity contribution in [3.63, 3.8) is 0 Å². The molecule has 0 spiro atoms. The molecule has 0 fully saturated rings. The van der Waals surface area contributed by atoms with Gasteiger partial charge >= 0.3 is 11.3 Å². The molecule has 0 atom stereocenters. The maximum absolute atomic E-state index is 11.2. The van der Waals surface area contributed by atoms with Crippen molar-refractivity contribution in [1.29, 1.82) is 0 Å². The number of H-pyrrole nitrogens is 1. The van der Waals surface area contributed by atoms with Gasteiger partial charge in [-0.05, 0) is 13.8 Å². The molecule has 0 unspecified atom stereocenters. The van der Waals surface area contributed by atoms with Crippen LogP contribution in [-0.2, 0) is 0 Å². The molecule has 2 rings (SSSR count). The molecule has 0 saturated heterocycles. The predicted octanol–water partition coefficient (Wildman–Crippen LogP) is 1.04. The van der Waals surface area contributed by atoms with E-state index in [0.717, 1.165) is 0 Å². The van der Waals surface area contributed by atoms with Crippen molar-refractivity contribution >= 4 is 16.8 Å². The Morgan fingerprint density at radius 3 is 2.73 bits per heavy atom. The van der Waals surface area contributed by atoms with Gasteiger partial charge in [0.2, 0.25) is 5.71 Å². The molecular weight excluding hydrogens is 202 g/mol. The Morgan fingerprint density at radius 1 is 1.47 bits per heavy atom. The average molecular weight is 209 g/mol. The summed E-state index contributed by atoms with van der Waals surface area (Å²) in [7, 11) is 0. The summed E-state index contributed by atoms with van der Waals surface area (Å²) < 4.78 is 4.72. The molecule has 0 aliphatic carbocycles. The van der Waals surface area contributed by atoms with Crippen molar-refractivity contribution in [3.8, 4) is 0 Å². The molecule has 7 nitrogen and oxygen atoms in total. The molecule has 0 aliphatic rings. The Kier molecular flexibility index (Phi) is 1.82. The van der Waals surface area contributed by atoms with E-state index in [1.54, 1.807) is 6.92 Å². The first-order valence-electron chi connectivity index (χ1n) is 4.15. The van der Waals surface area contributed by atoms with Crippen LogP contribution in [0.25, 0.3) is 11.1 Å². The molecule has 15 heavy (non-hydrogen) atoms. The maximum Gasteiger partial charge on any atom is 0.416 e. The van der Waals surface area contributed by atoms with Crippen LogP contribution < -0.4 is 5.63 Å². The molecular formula is C8H7N3O4. The summed E-state index contributed by atoms with van der Waals surface area (Å²) in [6.07, 6.45) is 0. The first kappa shape index (κ1) is 9.38. The van der Waals surface area contributed by atoms with Crippen LogP contribution in [0.5, 0.6) is 0 Å². The van der Waals surface area contributed by atoms with Crippen molar-refractivity contribution in [2.45, 2.75) is 13.8 Å². The molecule has 0 amide bonds. The van der Waals surface area contributed by atoms with Crippen molar-refractivity contribution < 1.29 is 9.34 Å². The van der Waals surface area contributed by atoms with Crippen molar-refractivity contribution in [2.75, 3.05) is 0 Å². The number of aromatic nitrogens is 2. The minimum atomic E-state index is -0.975. The zero-order valence-corrected chi connectivity index (χ0v) is 8.03. The minimum absolute atomic E-state index is 0.0978. The normalized spacial score (nSPS) is 10.8. The lowest BCUT2D eigenvalue weighted by Crippen LogP contribution is -2.08. The lowest BCUT2D eigenvalue weighted by atomic mass is 10.1. The van der Waals surface area contributed by atoms with Crippen LogP contribution in [0.4, 0.5) is 5.69 Å². The Morgan fingerprint density at radius 2 is 2.13 bits per heavy atom. The van der Waals surface area contributed by atoms with Crippen LogP contribution in [0.1, 0.15) is 11.3 Å². The Labute approximate surface area is 82.9 Å². The molecule has 0 saturated carbocycles. The Bertz CT molecular complexity index is 610. The van der Waals surface area contributed by atoms with Crippen LogP contribution in [-0.4, -0.2) is 15.1 Å². The monoisotopic (exact) mass is 209 g/mol. The van der Waals surface area contributed by atoms with E-state index in [-0.39, 0.29) is 11.3 Å². The molecule has 2 aromatic heterocycles. The smallest absolute Gasteiger partial charge is 0.397 e. The number of hydrogen-bond acceptors (Lipinski definition) is 5. The maximum atomic E-state index is 11.2. The molecule has 2 aromatic rings. The van der Waals surface area contributed by atoms with Gasteiger partial charge in [-0.25, -0.2) is 4.79 Å². The van der Waals surface area contributed by atoms with Crippen molar-refractivity contribution in [1.82, 2.24) is 10.2 Å². The fraction of sp³-hybridized carbons (Fsp3) is 0.250. The lowest BCUT2D eigenvalue weighted by molar-refractivity contribution is -0.387. The summed E-state index contributed by atoms with van der Waals surface area (Å²) in [5.74, 6) is 0. The molecule has 78 valence electrons. The van der Waals surface area contributed by atoms with Gasteiger partial charge in [-0.15, -0.1) is 5.10 Å². The van der Waals surface area contributed by atoms with Crippen molar-refractivity contribution in [2.24, 2.45) is 0 Å². The second-order valence-electron chi connectivity index (χ2n) is 3.15. The summed E-state index contributed by atoms with van der Waals surface area (Å²) in [4.78, 5) is 21.1. The van der Waals surface area contributed by atoms with Gasteiger partial charge in [-0.1, -0.05) is 0 Å². The zero-order chi connectivity index (χ0) is 11.2. The van der Waals surface area contributed by atoms with Crippen LogP contribution in [0.3, 0.4) is 0 Å². The van der Waals surface area contributed by atoms with E-state index in [4.69, 9.17) is 4.42 Å². The zero-order valence-electron chi connectivity index (χ0n) is 8.03. The third-order valence-electron chi connectivity index (χ3n) is 2.21. The molecule has 7 heteroatoms. The fourth-order valence-corrected chi connectivity index (χ4v) is 1.54. The Hall–Kier alpha value is -2.18. The molecule has 0 aliphatic heterocycles. The Balaban J connectivity index is 3.00. The lowest BCUT2D eigenvalue weighted by Gasteiger charge is -1.96. The van der Waals surface area contributed by atoms with Gasteiger partial charge in [-0.3, -0.25) is 15.2 Å². The van der Waals surface area contributed by atoms with Gasteiger partial charge in [0.05, 0.1) is 10.3 Å². The number of rotatable bonds is 1. The number of aromatic amines is 1. The first-order chi connectivity index (χ1) is 7.02. The van der Waals surface area contributed by atoms with Gasteiger partial charge in [0.25, 0.3) is 0 Å². The molecule has 0 radical (unpaired) electrons. The van der Waals surface area contributed by atoms with Gasteiger partial charge in [0, 0.05) is 11.3 Å². The van der Waals surface area contributed by atoms with E-state index in [9.17, 15) is 14.9 Å². The van der Waals surface area contributed by atoms with Crippen LogP contribution in [0.15, 0.2) is 9.21 Å². The summed E-state index contributed by atoms with van der Waals surface area (Å²) in [5, 5.41) is 17.5. The summed E-state index contributed by atoms with van der Waals surface area (Å²) in [6, 6.07) is 0. The van der Waals surface area contributed by atoms with Gasteiger partial charge < -0.3 is 4.42 Å². The van der Waals surface area contributed by atoms with E-state index in [0.29, 0.717) is 11.1 Å². The van der Waals surface area contributed by atoms with Crippen LogP contribution in [0, 0.1) is 24.0 Å². The van der Waals surface area contributed by atoms with Crippen molar-refractivity contribution in [3.05, 3.63) is 31.8 Å². The number of nitro groups is 1. The standard InChI is InChI=1S/C8H7N3O4/c1-3-5-4(2)9-10-7(5)15-8(12)6(3)11(13)14/h1-2H3,(H,9,10). The number of aryl methyl sites for hydroxylation is 2. The highest BCUT2D eigenvalue weighted by molar-refractivity contribution is 5.82. The molecule has 2 heterocycles. The number of fused-ring (bicyclic) bond motifs is 1. The quantitative estimate of drug-likeness (QED) is 0.558. The van der Waals surface area contributed by atoms with E-state index < -0.39 is 16.2 Å². The van der Waals surface area contributed by atoms with Gasteiger partial charge in [0.1, 0.15) is 0 Å². The summed E-state index contributed by atoms with van der Waals surface area (Å²) in [5.41, 5.74) is -0.504. The molecule has 0 bridgehead atoms. The van der Waals surface area contributed by atoms with E-state index in [1.807, 2.05) is 0 Å². The number of nitrogens with one attached hydrogen (secondary N) is 1. The highest BCUT2D eigenvalue weighted by atomic mass is 16.6. The van der Waals surface area contributed by atoms with E-state index in [2.05, 4.69) is 10.2 Å². The van der Waals surface area contributed by atoms with E-state index in [1.165, 1.54) is 6.92 Å². The first-order valence-corrected chi connectivity index (χ1v) is 4.15. The fourth-order valence-electron chi connectivity index (χ4n) is 1.54. The minimum Gasteiger partial charge on any atom is -0.397 e. The third kappa shape index (κ3) is 1.20. The number of nitrogens with zero attached hydrogens (tertiary/aromatic N) is 2. The summed E-state index contributed by atoms with van der Waals surface area (Å²) in [6.45, 7) is 3.20. The van der Waals surface area contributed by atoms with E-state index >= 15 is 0 Å². The van der Waals surface area contributed by atoms with Gasteiger partial charge in [-0.2, -0.15) is 0 Å². The van der Waals surface area contributed by atoms with Crippen LogP contribution in [0.2, 0.25) is 0 Å². The second-order valence-corrected chi connectivity index (χ2v) is 3.15.